The summed E-state index contributed by atoms with van der Waals surface area (Å²) in [5, 5.41) is 17.5. The number of rotatable bonds is 7. The first-order chi connectivity index (χ1) is 15.0. The van der Waals surface area contributed by atoms with Crippen molar-refractivity contribution in [1.29, 1.82) is 0 Å². The molecule has 3 rings (SSSR count). The van der Waals surface area contributed by atoms with Crippen molar-refractivity contribution in [3.05, 3.63) is 63.7 Å². The number of nitrogens with zero attached hydrogens (tertiary/aromatic N) is 5. The standard InChI is InChI=1S/C19H21N7O5S/c1-11-9-12(2)22-19(21-11)24-32(30,31)16-7-5-15(6-8-16)23-18(27)14(4)25-13(3)17(10-20-25)26(28)29/h5-10,14H,1-4H3,(H,23,27)(H,21,22,24). The number of anilines is 2. The molecule has 0 radical (unpaired) electrons. The highest BCUT2D eigenvalue weighted by atomic mass is 32.2. The summed E-state index contributed by atoms with van der Waals surface area (Å²) in [5.74, 6) is -0.499. The normalized spacial score (nSPS) is 12.2. The third kappa shape index (κ3) is 4.88. The number of nitro groups is 1. The van der Waals surface area contributed by atoms with Crippen molar-refractivity contribution in [3.8, 4) is 0 Å². The van der Waals surface area contributed by atoms with Gasteiger partial charge >= 0.3 is 5.69 Å². The van der Waals surface area contributed by atoms with Crippen molar-refractivity contribution < 1.29 is 18.1 Å². The molecule has 168 valence electrons. The lowest BCUT2D eigenvalue weighted by atomic mass is 10.2. The maximum Gasteiger partial charge on any atom is 0.309 e. The van der Waals surface area contributed by atoms with Crippen LogP contribution in [0.1, 0.15) is 30.0 Å². The van der Waals surface area contributed by atoms with Crippen LogP contribution >= 0.6 is 0 Å². The van der Waals surface area contributed by atoms with Crippen LogP contribution in [0, 0.1) is 30.9 Å². The molecule has 3 aromatic rings. The number of hydrogen-bond donors (Lipinski definition) is 2. The van der Waals surface area contributed by atoms with Gasteiger partial charge < -0.3 is 5.32 Å². The summed E-state index contributed by atoms with van der Waals surface area (Å²) in [5.41, 5.74) is 1.67. The predicted molar refractivity (Wildman–Crippen MR) is 116 cm³/mol. The minimum absolute atomic E-state index is 0.0302. The summed E-state index contributed by atoms with van der Waals surface area (Å²) < 4.78 is 28.8. The molecule has 1 amide bonds. The Labute approximate surface area is 183 Å². The lowest BCUT2D eigenvalue weighted by Gasteiger charge is -2.14. The maximum atomic E-state index is 12.6. The number of sulfonamides is 1. The van der Waals surface area contributed by atoms with Gasteiger partial charge in [-0.25, -0.2) is 23.1 Å². The number of carbonyl (C=O) groups is 1. The van der Waals surface area contributed by atoms with Gasteiger partial charge in [0.15, 0.2) is 0 Å². The Hall–Kier alpha value is -3.87. The molecule has 0 aliphatic carbocycles. The number of nitrogens with one attached hydrogen (secondary N) is 2. The summed E-state index contributed by atoms with van der Waals surface area (Å²) in [7, 11) is -3.93. The van der Waals surface area contributed by atoms with E-state index in [4.69, 9.17) is 0 Å². The summed E-state index contributed by atoms with van der Waals surface area (Å²) in [6.07, 6.45) is 1.09. The molecule has 2 N–H and O–H groups in total. The van der Waals surface area contributed by atoms with E-state index >= 15 is 0 Å². The van der Waals surface area contributed by atoms with Crippen molar-refractivity contribution in [3.63, 3.8) is 0 Å². The Kier molecular flexibility index (Phi) is 6.20. The third-order valence-electron chi connectivity index (χ3n) is 4.60. The molecule has 0 saturated heterocycles. The van der Waals surface area contributed by atoms with Crippen LogP contribution in [-0.4, -0.2) is 39.0 Å². The highest BCUT2D eigenvalue weighted by Gasteiger charge is 2.24. The van der Waals surface area contributed by atoms with Gasteiger partial charge in [0.05, 0.1) is 9.82 Å². The first-order valence-electron chi connectivity index (χ1n) is 9.42. The SMILES string of the molecule is Cc1cc(C)nc(NS(=O)(=O)c2ccc(NC(=O)C(C)n3ncc([N+](=O)[O-])c3C)cc2)n1. The zero-order chi connectivity index (χ0) is 23.6. The molecule has 0 fully saturated rings. The zero-order valence-corrected chi connectivity index (χ0v) is 18.5. The van der Waals surface area contributed by atoms with Gasteiger partial charge in [0.25, 0.3) is 10.0 Å². The predicted octanol–water partition coefficient (Wildman–Crippen LogP) is 2.51. The van der Waals surface area contributed by atoms with E-state index in [0.29, 0.717) is 17.1 Å². The zero-order valence-electron chi connectivity index (χ0n) is 17.7. The summed E-state index contributed by atoms with van der Waals surface area (Å²) in [6.45, 7) is 6.51. The molecule has 1 unspecified atom stereocenters. The van der Waals surface area contributed by atoms with E-state index in [1.807, 2.05) is 0 Å². The summed E-state index contributed by atoms with van der Waals surface area (Å²) in [4.78, 5) is 31.0. The maximum absolute atomic E-state index is 12.6. The molecule has 13 heteroatoms. The molecule has 2 aromatic heterocycles. The molecule has 32 heavy (non-hydrogen) atoms. The number of amides is 1. The molecule has 0 saturated carbocycles. The molecule has 12 nitrogen and oxygen atoms in total. The second kappa shape index (κ2) is 8.70. The third-order valence-corrected chi connectivity index (χ3v) is 5.95. The molecule has 1 atom stereocenters. The quantitative estimate of drug-likeness (QED) is 0.402. The van der Waals surface area contributed by atoms with Crippen LogP contribution in [0.5, 0.6) is 0 Å². The van der Waals surface area contributed by atoms with Crippen molar-refractivity contribution in [2.75, 3.05) is 10.0 Å². The Balaban J connectivity index is 1.72. The Morgan fingerprint density at radius 1 is 1.12 bits per heavy atom. The molecule has 0 bridgehead atoms. The van der Waals surface area contributed by atoms with Crippen molar-refractivity contribution >= 4 is 33.3 Å². The second-order valence-corrected chi connectivity index (χ2v) is 8.77. The van der Waals surface area contributed by atoms with E-state index in [9.17, 15) is 23.3 Å². The van der Waals surface area contributed by atoms with Crippen molar-refractivity contribution in [1.82, 2.24) is 19.7 Å². The Bertz CT molecular complexity index is 1270. The van der Waals surface area contributed by atoms with E-state index < -0.39 is 26.9 Å². The molecule has 2 heterocycles. The minimum atomic E-state index is -3.93. The summed E-state index contributed by atoms with van der Waals surface area (Å²) >= 11 is 0. The topological polar surface area (TPSA) is 162 Å². The summed E-state index contributed by atoms with van der Waals surface area (Å²) in [6, 6.07) is 6.42. The lowest BCUT2D eigenvalue weighted by Crippen LogP contribution is -2.25. The largest absolute Gasteiger partial charge is 0.324 e. The molecule has 0 aliphatic rings. The lowest BCUT2D eigenvalue weighted by molar-refractivity contribution is -0.385. The van der Waals surface area contributed by atoms with Crippen LogP contribution in [-0.2, 0) is 14.8 Å². The van der Waals surface area contributed by atoms with Gasteiger partial charge in [0.1, 0.15) is 17.9 Å². The number of aryl methyl sites for hydroxylation is 2. The van der Waals surface area contributed by atoms with Gasteiger partial charge in [-0.15, -0.1) is 0 Å². The van der Waals surface area contributed by atoms with Crippen LogP contribution < -0.4 is 10.0 Å². The fraction of sp³-hybridized carbons (Fsp3) is 0.263. The van der Waals surface area contributed by atoms with Crippen LogP contribution in [0.25, 0.3) is 0 Å². The molecular weight excluding hydrogens is 438 g/mol. The van der Waals surface area contributed by atoms with E-state index in [1.165, 1.54) is 35.9 Å². The average molecular weight is 459 g/mol. The number of hydrogen-bond acceptors (Lipinski definition) is 8. The Morgan fingerprint density at radius 2 is 1.72 bits per heavy atom. The van der Waals surface area contributed by atoms with E-state index in [1.54, 1.807) is 26.8 Å². The highest BCUT2D eigenvalue weighted by Crippen LogP contribution is 2.22. The number of benzene rings is 1. The first-order valence-corrected chi connectivity index (χ1v) is 10.9. The van der Waals surface area contributed by atoms with Gasteiger partial charge in [-0.3, -0.25) is 19.6 Å². The monoisotopic (exact) mass is 459 g/mol. The van der Waals surface area contributed by atoms with Gasteiger partial charge in [0.2, 0.25) is 11.9 Å². The fourth-order valence-corrected chi connectivity index (χ4v) is 3.95. The Morgan fingerprint density at radius 3 is 2.25 bits per heavy atom. The minimum Gasteiger partial charge on any atom is -0.324 e. The van der Waals surface area contributed by atoms with Gasteiger partial charge in [-0.2, -0.15) is 5.10 Å². The van der Waals surface area contributed by atoms with Crippen LogP contribution in [0.3, 0.4) is 0 Å². The van der Waals surface area contributed by atoms with Gasteiger partial charge in [-0.1, -0.05) is 0 Å². The molecular formula is C19H21N7O5S. The fourth-order valence-electron chi connectivity index (χ4n) is 3.01. The van der Waals surface area contributed by atoms with Crippen LogP contribution in [0.4, 0.5) is 17.3 Å². The smallest absolute Gasteiger partial charge is 0.309 e. The van der Waals surface area contributed by atoms with Crippen molar-refractivity contribution in [2.45, 2.75) is 38.6 Å². The van der Waals surface area contributed by atoms with Gasteiger partial charge in [-0.05, 0) is 58.0 Å². The van der Waals surface area contributed by atoms with Crippen LogP contribution in [0.2, 0.25) is 0 Å². The highest BCUT2D eigenvalue weighted by molar-refractivity contribution is 7.92. The number of carbonyl (C=O) groups excluding carboxylic acids is 1. The number of aromatic nitrogens is 4. The van der Waals surface area contributed by atoms with Gasteiger partial charge in [0, 0.05) is 17.1 Å². The molecule has 1 aromatic carbocycles. The molecule has 0 spiro atoms. The van der Waals surface area contributed by atoms with E-state index in [-0.39, 0.29) is 22.2 Å². The van der Waals surface area contributed by atoms with Crippen LogP contribution in [0.15, 0.2) is 41.4 Å². The van der Waals surface area contributed by atoms with E-state index in [0.717, 1.165) is 6.20 Å². The molecule has 0 aliphatic heterocycles. The van der Waals surface area contributed by atoms with Crippen molar-refractivity contribution in [2.24, 2.45) is 0 Å². The van der Waals surface area contributed by atoms with E-state index in [2.05, 4.69) is 25.1 Å². The second-order valence-electron chi connectivity index (χ2n) is 7.09. The first kappa shape index (κ1) is 22.8. The average Bonchev–Trinajstić information content (AvgIpc) is 3.08.